The van der Waals surface area contributed by atoms with Gasteiger partial charge in [-0.05, 0) is 57.3 Å². The van der Waals surface area contributed by atoms with Crippen LogP contribution in [0.15, 0.2) is 0 Å². The van der Waals surface area contributed by atoms with Crippen LogP contribution in [0.3, 0.4) is 0 Å². The van der Waals surface area contributed by atoms with Gasteiger partial charge in [-0.15, -0.1) is 0 Å². The highest BCUT2D eigenvalue weighted by atomic mass is 15.0. The summed E-state index contributed by atoms with van der Waals surface area (Å²) in [5.41, 5.74) is 0. The lowest BCUT2D eigenvalue weighted by Crippen LogP contribution is -2.44. The first-order valence-corrected chi connectivity index (χ1v) is 6.51. The SMILES string of the molecule is CC1CCC(N[C@@H](C)C2CCC2)CC1. The first kappa shape index (κ1) is 10.5. The zero-order valence-corrected chi connectivity index (χ0v) is 9.76. The number of hydrogen-bond donors (Lipinski definition) is 1. The molecule has 0 spiro atoms. The third-order valence-corrected chi connectivity index (χ3v) is 4.37. The summed E-state index contributed by atoms with van der Waals surface area (Å²) in [4.78, 5) is 0. The van der Waals surface area contributed by atoms with Crippen LogP contribution in [-0.4, -0.2) is 12.1 Å². The molecule has 2 fully saturated rings. The summed E-state index contributed by atoms with van der Waals surface area (Å²) in [6.07, 6.45) is 10.1. The Morgan fingerprint density at radius 2 is 1.64 bits per heavy atom. The van der Waals surface area contributed by atoms with Crippen LogP contribution in [0.2, 0.25) is 0 Å². The molecule has 0 saturated heterocycles. The van der Waals surface area contributed by atoms with Gasteiger partial charge in [-0.3, -0.25) is 0 Å². The predicted molar refractivity (Wildman–Crippen MR) is 61.4 cm³/mol. The van der Waals surface area contributed by atoms with E-state index in [0.717, 1.165) is 23.9 Å². The zero-order chi connectivity index (χ0) is 9.97. The third kappa shape index (κ3) is 2.50. The van der Waals surface area contributed by atoms with Gasteiger partial charge in [0.1, 0.15) is 0 Å². The van der Waals surface area contributed by atoms with Crippen LogP contribution in [0.4, 0.5) is 0 Å². The highest BCUT2D eigenvalue weighted by Crippen LogP contribution is 2.31. The molecule has 2 aliphatic rings. The average Bonchev–Trinajstić information content (AvgIpc) is 2.06. The molecular weight excluding hydrogens is 170 g/mol. The molecule has 0 aromatic rings. The molecule has 0 radical (unpaired) electrons. The lowest BCUT2D eigenvalue weighted by atomic mass is 9.79. The van der Waals surface area contributed by atoms with E-state index in [2.05, 4.69) is 19.2 Å². The second-order valence-corrected chi connectivity index (χ2v) is 5.60. The molecule has 2 rings (SSSR count). The van der Waals surface area contributed by atoms with E-state index in [-0.39, 0.29) is 0 Å². The molecule has 1 heteroatoms. The van der Waals surface area contributed by atoms with Crippen LogP contribution in [0.25, 0.3) is 0 Å². The Bertz CT molecular complexity index is 166. The molecule has 1 atom stereocenters. The lowest BCUT2D eigenvalue weighted by Gasteiger charge is -2.36. The fraction of sp³-hybridized carbons (Fsp3) is 1.00. The minimum absolute atomic E-state index is 0.780. The fourth-order valence-electron chi connectivity index (χ4n) is 2.87. The summed E-state index contributed by atoms with van der Waals surface area (Å²) in [6.45, 7) is 4.79. The summed E-state index contributed by atoms with van der Waals surface area (Å²) < 4.78 is 0. The molecular formula is C13H25N. The molecule has 1 nitrogen and oxygen atoms in total. The monoisotopic (exact) mass is 195 g/mol. The molecule has 2 saturated carbocycles. The van der Waals surface area contributed by atoms with Crippen molar-refractivity contribution in [3.05, 3.63) is 0 Å². The van der Waals surface area contributed by atoms with Crippen molar-refractivity contribution in [2.24, 2.45) is 11.8 Å². The highest BCUT2D eigenvalue weighted by molar-refractivity contribution is 4.84. The van der Waals surface area contributed by atoms with Gasteiger partial charge in [-0.2, -0.15) is 0 Å². The first-order valence-electron chi connectivity index (χ1n) is 6.51. The predicted octanol–water partition coefficient (Wildman–Crippen LogP) is 3.34. The largest absolute Gasteiger partial charge is 0.311 e. The van der Waals surface area contributed by atoms with Gasteiger partial charge in [0.15, 0.2) is 0 Å². The molecule has 14 heavy (non-hydrogen) atoms. The van der Waals surface area contributed by atoms with E-state index in [9.17, 15) is 0 Å². The van der Waals surface area contributed by atoms with Gasteiger partial charge in [-0.25, -0.2) is 0 Å². The molecule has 1 N–H and O–H groups in total. The van der Waals surface area contributed by atoms with Crippen LogP contribution in [-0.2, 0) is 0 Å². The Morgan fingerprint density at radius 3 is 2.14 bits per heavy atom. The van der Waals surface area contributed by atoms with Crippen molar-refractivity contribution in [3.8, 4) is 0 Å². The van der Waals surface area contributed by atoms with Crippen LogP contribution in [0.5, 0.6) is 0 Å². The summed E-state index contributed by atoms with van der Waals surface area (Å²) in [7, 11) is 0. The maximum absolute atomic E-state index is 3.84. The normalized spacial score (nSPS) is 36.4. The highest BCUT2D eigenvalue weighted by Gasteiger charge is 2.26. The molecule has 0 aromatic heterocycles. The molecule has 0 amide bonds. The summed E-state index contributed by atoms with van der Waals surface area (Å²) >= 11 is 0. The maximum Gasteiger partial charge on any atom is 0.00698 e. The van der Waals surface area contributed by atoms with E-state index >= 15 is 0 Å². The summed E-state index contributed by atoms with van der Waals surface area (Å²) in [5.74, 6) is 1.97. The first-order chi connectivity index (χ1) is 6.75. The molecule has 2 aliphatic carbocycles. The Morgan fingerprint density at radius 1 is 1.00 bits per heavy atom. The van der Waals surface area contributed by atoms with E-state index in [4.69, 9.17) is 0 Å². The Labute approximate surface area is 88.7 Å². The molecule has 0 heterocycles. The fourth-order valence-corrected chi connectivity index (χ4v) is 2.87. The van der Waals surface area contributed by atoms with Crippen molar-refractivity contribution < 1.29 is 0 Å². The van der Waals surface area contributed by atoms with Crippen molar-refractivity contribution >= 4 is 0 Å². The van der Waals surface area contributed by atoms with Gasteiger partial charge in [0, 0.05) is 12.1 Å². The van der Waals surface area contributed by atoms with Gasteiger partial charge in [-0.1, -0.05) is 13.3 Å². The third-order valence-electron chi connectivity index (χ3n) is 4.37. The van der Waals surface area contributed by atoms with Gasteiger partial charge in [0.25, 0.3) is 0 Å². The van der Waals surface area contributed by atoms with Gasteiger partial charge < -0.3 is 5.32 Å². The number of nitrogens with one attached hydrogen (secondary N) is 1. The van der Waals surface area contributed by atoms with E-state index in [1.807, 2.05) is 0 Å². The topological polar surface area (TPSA) is 12.0 Å². The molecule has 0 unspecified atom stereocenters. The molecule has 82 valence electrons. The van der Waals surface area contributed by atoms with Crippen LogP contribution >= 0.6 is 0 Å². The minimum Gasteiger partial charge on any atom is -0.311 e. The van der Waals surface area contributed by atoms with Gasteiger partial charge >= 0.3 is 0 Å². The lowest BCUT2D eigenvalue weighted by molar-refractivity contribution is 0.202. The molecule has 0 bridgehead atoms. The summed E-state index contributed by atoms with van der Waals surface area (Å²) in [5, 5.41) is 3.84. The Balaban J connectivity index is 1.68. The standard InChI is InChI=1S/C13H25N/c1-10-6-8-13(9-7-10)14-11(2)12-4-3-5-12/h10-14H,3-9H2,1-2H3/t10?,11-,13?/m0/s1. The molecule has 0 aliphatic heterocycles. The van der Waals surface area contributed by atoms with E-state index < -0.39 is 0 Å². The van der Waals surface area contributed by atoms with E-state index in [0.29, 0.717) is 0 Å². The van der Waals surface area contributed by atoms with Gasteiger partial charge in [0.2, 0.25) is 0 Å². The van der Waals surface area contributed by atoms with Crippen molar-refractivity contribution in [3.63, 3.8) is 0 Å². The quantitative estimate of drug-likeness (QED) is 0.728. The smallest absolute Gasteiger partial charge is 0.00698 e. The average molecular weight is 195 g/mol. The van der Waals surface area contributed by atoms with E-state index in [1.54, 1.807) is 0 Å². The Hall–Kier alpha value is -0.0400. The van der Waals surface area contributed by atoms with Gasteiger partial charge in [0.05, 0.1) is 0 Å². The van der Waals surface area contributed by atoms with Crippen molar-refractivity contribution in [2.75, 3.05) is 0 Å². The Kier molecular flexibility index (Phi) is 3.48. The van der Waals surface area contributed by atoms with Crippen LogP contribution < -0.4 is 5.32 Å². The van der Waals surface area contributed by atoms with Crippen molar-refractivity contribution in [2.45, 2.75) is 70.9 Å². The minimum atomic E-state index is 0.780. The molecule has 0 aromatic carbocycles. The number of hydrogen-bond acceptors (Lipinski definition) is 1. The van der Waals surface area contributed by atoms with Crippen molar-refractivity contribution in [1.29, 1.82) is 0 Å². The van der Waals surface area contributed by atoms with Crippen LogP contribution in [0, 0.1) is 11.8 Å². The van der Waals surface area contributed by atoms with Crippen molar-refractivity contribution in [1.82, 2.24) is 5.32 Å². The summed E-state index contributed by atoms with van der Waals surface area (Å²) in [6, 6.07) is 1.61. The van der Waals surface area contributed by atoms with E-state index in [1.165, 1.54) is 44.9 Å². The second kappa shape index (κ2) is 4.65. The zero-order valence-electron chi connectivity index (χ0n) is 9.76. The van der Waals surface area contributed by atoms with Crippen LogP contribution in [0.1, 0.15) is 58.8 Å². The second-order valence-electron chi connectivity index (χ2n) is 5.60. The maximum atomic E-state index is 3.84. The number of rotatable bonds is 3.